The van der Waals surface area contributed by atoms with Crippen molar-refractivity contribution >= 4 is 50.0 Å². The molecule has 0 spiro atoms. The maximum Gasteiger partial charge on any atom is 0.265 e. The molecule has 1 aromatic carbocycles. The summed E-state index contributed by atoms with van der Waals surface area (Å²) in [5.41, 5.74) is 2.21. The van der Waals surface area contributed by atoms with Gasteiger partial charge in [-0.05, 0) is 57.4 Å². The zero-order chi connectivity index (χ0) is 31.2. The number of rotatable bonds is 8. The van der Waals surface area contributed by atoms with Crippen LogP contribution in [0.25, 0.3) is 22.2 Å². The predicted octanol–water partition coefficient (Wildman–Crippen LogP) is 6.07. The molecule has 0 amide bonds. The summed E-state index contributed by atoms with van der Waals surface area (Å²) >= 11 is 12.8. The third-order valence-electron chi connectivity index (χ3n) is 7.68. The van der Waals surface area contributed by atoms with Gasteiger partial charge in [0.2, 0.25) is 0 Å². The molecule has 0 bridgehead atoms. The van der Waals surface area contributed by atoms with Crippen LogP contribution in [0.15, 0.2) is 42.9 Å². The molecule has 14 heteroatoms. The number of nitrogens with zero attached hydrogens (tertiary/aromatic N) is 6. The van der Waals surface area contributed by atoms with E-state index in [1.165, 1.54) is 12.4 Å². The Bertz CT molecular complexity index is 1860. The zero-order valence-corrected chi connectivity index (χ0v) is 26.7. The Morgan fingerprint density at radius 2 is 1.91 bits per heavy atom. The third kappa shape index (κ3) is 6.07. The summed E-state index contributed by atoms with van der Waals surface area (Å²) in [6.07, 6.45) is 7.92. The van der Waals surface area contributed by atoms with Crippen molar-refractivity contribution in [1.82, 2.24) is 19.7 Å². The molecule has 6 rings (SSSR count). The van der Waals surface area contributed by atoms with Crippen molar-refractivity contribution in [3.8, 4) is 23.1 Å². The number of anilines is 1. The zero-order valence-electron chi connectivity index (χ0n) is 24.3. The van der Waals surface area contributed by atoms with Crippen LogP contribution in [-0.4, -0.2) is 59.7 Å². The lowest BCUT2D eigenvalue weighted by Crippen LogP contribution is -2.62. The van der Waals surface area contributed by atoms with E-state index in [2.05, 4.69) is 16.0 Å². The first-order valence-electron chi connectivity index (χ1n) is 14.1. The number of hydrogen-bond acceptors (Lipinski definition) is 10. The molecule has 5 heterocycles. The summed E-state index contributed by atoms with van der Waals surface area (Å²) in [5, 5.41) is 16.7. The van der Waals surface area contributed by atoms with Gasteiger partial charge in [0, 0.05) is 41.7 Å². The van der Waals surface area contributed by atoms with Gasteiger partial charge in [-0.2, -0.15) is 18.8 Å². The van der Waals surface area contributed by atoms with E-state index in [1.54, 1.807) is 19.2 Å². The molecule has 44 heavy (non-hydrogen) atoms. The minimum Gasteiger partial charge on any atom is -0.486 e. The van der Waals surface area contributed by atoms with Crippen LogP contribution in [0.1, 0.15) is 56.6 Å². The van der Waals surface area contributed by atoms with Crippen LogP contribution in [0.5, 0.6) is 5.75 Å². The molecular weight excluding hydrogens is 627 g/mol. The molecule has 4 aromatic rings. The van der Waals surface area contributed by atoms with Crippen LogP contribution >= 0.6 is 23.2 Å². The molecule has 0 radical (unpaired) electrons. The third-order valence-corrected chi connectivity index (χ3v) is 8.99. The predicted molar refractivity (Wildman–Crippen MR) is 166 cm³/mol. The minimum atomic E-state index is -3.63. The van der Waals surface area contributed by atoms with Crippen LogP contribution in [0.4, 0.5) is 5.82 Å². The van der Waals surface area contributed by atoms with Crippen molar-refractivity contribution in [1.29, 1.82) is 5.26 Å². The highest BCUT2D eigenvalue weighted by Gasteiger charge is 2.44. The Morgan fingerprint density at radius 3 is 2.57 bits per heavy atom. The van der Waals surface area contributed by atoms with Gasteiger partial charge in [0.25, 0.3) is 10.1 Å². The van der Waals surface area contributed by atoms with E-state index in [-0.39, 0.29) is 19.3 Å². The quantitative estimate of drug-likeness (QED) is 0.206. The van der Waals surface area contributed by atoms with E-state index in [1.807, 2.05) is 34.7 Å². The standard InChI is InChI=1S/C30H30Cl2N6O5S/c1-18(27-23(31)14-34-15-24(27)32)42-21-7-8-25-22(11-21)28(36-38(25)26-6-4-5-9-41-26)20-10-19(12-33)29(35-13-20)37-16-30(2,17-37)43-44(3,39)40/h7-8,10-11,13-15,18,26H,4-6,9,16-17H2,1-3H3/t18-,26?/m1/s1. The number of aromatic nitrogens is 4. The van der Waals surface area contributed by atoms with Gasteiger partial charge in [0.15, 0.2) is 6.23 Å². The lowest BCUT2D eigenvalue weighted by Gasteiger charge is -2.47. The fraction of sp³-hybridized carbons (Fsp3) is 0.400. The van der Waals surface area contributed by atoms with Gasteiger partial charge in [0.05, 0.1) is 40.5 Å². The molecule has 11 nitrogen and oxygen atoms in total. The summed E-state index contributed by atoms with van der Waals surface area (Å²) < 4.78 is 42.8. The van der Waals surface area contributed by atoms with Gasteiger partial charge >= 0.3 is 0 Å². The minimum absolute atomic E-state index is 0.226. The lowest BCUT2D eigenvalue weighted by atomic mass is 9.96. The first kappa shape index (κ1) is 30.6. The van der Waals surface area contributed by atoms with Gasteiger partial charge in [-0.3, -0.25) is 9.17 Å². The number of halogens is 2. The fourth-order valence-electron chi connectivity index (χ4n) is 5.87. The molecule has 2 aliphatic rings. The second-order valence-corrected chi connectivity index (χ2v) is 13.8. The lowest BCUT2D eigenvalue weighted by molar-refractivity contribution is -0.0365. The monoisotopic (exact) mass is 656 g/mol. The maximum atomic E-state index is 11.7. The van der Waals surface area contributed by atoms with Gasteiger partial charge < -0.3 is 14.4 Å². The SMILES string of the molecule is C[C@@H](Oc1ccc2c(c1)c(-c1cnc(N3CC(C)(OS(C)(=O)=O)C3)c(C#N)c1)nn2C1CCCCO1)c1c(Cl)cncc1Cl. The largest absolute Gasteiger partial charge is 0.486 e. The first-order chi connectivity index (χ1) is 20.9. The summed E-state index contributed by atoms with van der Waals surface area (Å²) in [5.74, 6) is 1.03. The van der Waals surface area contributed by atoms with Crippen molar-refractivity contribution in [3.05, 3.63) is 64.0 Å². The average Bonchev–Trinajstić information content (AvgIpc) is 3.34. The molecule has 3 aromatic heterocycles. The van der Waals surface area contributed by atoms with Crippen LogP contribution in [0.2, 0.25) is 10.0 Å². The van der Waals surface area contributed by atoms with Gasteiger partial charge in [-0.1, -0.05) is 23.2 Å². The number of hydrogen-bond donors (Lipinski definition) is 0. The van der Waals surface area contributed by atoms with E-state index in [0.29, 0.717) is 50.6 Å². The van der Waals surface area contributed by atoms with Crippen LogP contribution in [-0.2, 0) is 19.0 Å². The molecule has 0 aliphatic carbocycles. The Hall–Kier alpha value is -3.47. The fourth-order valence-corrected chi connectivity index (χ4v) is 7.37. The highest BCUT2D eigenvalue weighted by molar-refractivity contribution is 7.86. The molecule has 2 fully saturated rings. The number of ether oxygens (including phenoxy) is 2. The summed E-state index contributed by atoms with van der Waals surface area (Å²) in [6.45, 7) is 4.79. The number of pyridine rings is 2. The molecular formula is C30H30Cl2N6O5S. The van der Waals surface area contributed by atoms with E-state index < -0.39 is 21.8 Å². The first-order valence-corrected chi connectivity index (χ1v) is 16.7. The van der Waals surface area contributed by atoms with E-state index in [0.717, 1.165) is 36.4 Å². The maximum absolute atomic E-state index is 11.7. The normalized spacial score (nSPS) is 18.9. The summed E-state index contributed by atoms with van der Waals surface area (Å²) in [6, 6.07) is 9.70. The average molecular weight is 658 g/mol. The Morgan fingerprint density at radius 1 is 1.16 bits per heavy atom. The molecule has 2 aliphatic heterocycles. The van der Waals surface area contributed by atoms with E-state index >= 15 is 0 Å². The van der Waals surface area contributed by atoms with Crippen LogP contribution < -0.4 is 9.64 Å². The second kappa shape index (κ2) is 11.8. The van der Waals surface area contributed by atoms with Crippen molar-refractivity contribution in [2.24, 2.45) is 0 Å². The number of fused-ring (bicyclic) bond motifs is 1. The molecule has 0 N–H and O–H groups in total. The van der Waals surface area contributed by atoms with Gasteiger partial charge in [-0.15, -0.1) is 0 Å². The van der Waals surface area contributed by atoms with Gasteiger partial charge in [0.1, 0.15) is 35.0 Å². The molecule has 2 saturated heterocycles. The van der Waals surface area contributed by atoms with E-state index in [4.69, 9.17) is 42.0 Å². The number of benzene rings is 1. The van der Waals surface area contributed by atoms with Crippen molar-refractivity contribution in [2.75, 3.05) is 30.9 Å². The highest BCUT2D eigenvalue weighted by Crippen LogP contribution is 2.39. The van der Waals surface area contributed by atoms with Crippen molar-refractivity contribution in [2.45, 2.75) is 51.0 Å². The smallest absolute Gasteiger partial charge is 0.265 e. The van der Waals surface area contributed by atoms with Crippen LogP contribution in [0, 0.1) is 11.3 Å². The molecule has 1 unspecified atom stereocenters. The van der Waals surface area contributed by atoms with E-state index in [9.17, 15) is 13.7 Å². The highest BCUT2D eigenvalue weighted by atomic mass is 35.5. The van der Waals surface area contributed by atoms with Crippen molar-refractivity contribution in [3.63, 3.8) is 0 Å². The molecule has 0 saturated carbocycles. The summed E-state index contributed by atoms with van der Waals surface area (Å²) in [7, 11) is -3.63. The Labute approximate surface area is 265 Å². The van der Waals surface area contributed by atoms with Gasteiger partial charge in [-0.25, -0.2) is 9.67 Å². The Balaban J connectivity index is 1.36. The topological polar surface area (TPSA) is 132 Å². The second-order valence-electron chi connectivity index (χ2n) is 11.4. The number of nitriles is 1. The molecule has 230 valence electrons. The van der Waals surface area contributed by atoms with Crippen molar-refractivity contribution < 1.29 is 22.1 Å². The summed E-state index contributed by atoms with van der Waals surface area (Å²) in [4.78, 5) is 10.5. The Kier molecular flexibility index (Phi) is 8.19. The van der Waals surface area contributed by atoms with Crippen LogP contribution in [0.3, 0.4) is 0 Å². The molecule has 2 atom stereocenters.